The standard InChI is InChI=1S/C14H14F2N2O/c1-2-19-12-7-10(17)6-11(8-12)18-14-4-3-9(15)5-13(14)16/h3-8,18H,2,17H2,1H3. The van der Waals surface area contributed by atoms with Crippen LogP contribution in [0.1, 0.15) is 6.92 Å². The van der Waals surface area contributed by atoms with E-state index in [1.165, 1.54) is 12.1 Å². The van der Waals surface area contributed by atoms with E-state index in [9.17, 15) is 8.78 Å². The molecule has 0 aromatic heterocycles. The van der Waals surface area contributed by atoms with Gasteiger partial charge in [0.2, 0.25) is 0 Å². The summed E-state index contributed by atoms with van der Waals surface area (Å²) in [6.45, 7) is 2.36. The predicted molar refractivity (Wildman–Crippen MR) is 71.7 cm³/mol. The normalized spacial score (nSPS) is 10.3. The Kier molecular flexibility index (Phi) is 3.85. The second-order valence-corrected chi connectivity index (χ2v) is 3.97. The first-order chi connectivity index (χ1) is 9.08. The minimum Gasteiger partial charge on any atom is -0.494 e. The molecule has 0 amide bonds. The van der Waals surface area contributed by atoms with Crippen LogP contribution in [0.5, 0.6) is 5.75 Å². The van der Waals surface area contributed by atoms with Crippen molar-refractivity contribution in [2.75, 3.05) is 17.7 Å². The van der Waals surface area contributed by atoms with Gasteiger partial charge in [0.1, 0.15) is 17.4 Å². The summed E-state index contributed by atoms with van der Waals surface area (Å²) >= 11 is 0. The van der Waals surface area contributed by atoms with Crippen molar-refractivity contribution in [2.24, 2.45) is 0 Å². The van der Waals surface area contributed by atoms with E-state index >= 15 is 0 Å². The first-order valence-corrected chi connectivity index (χ1v) is 5.84. The van der Waals surface area contributed by atoms with Gasteiger partial charge in [-0.2, -0.15) is 0 Å². The number of nitrogen functional groups attached to an aromatic ring is 1. The molecule has 19 heavy (non-hydrogen) atoms. The first kappa shape index (κ1) is 13.1. The van der Waals surface area contributed by atoms with Crippen LogP contribution in [-0.2, 0) is 0 Å². The average Bonchev–Trinajstić information content (AvgIpc) is 2.32. The van der Waals surface area contributed by atoms with E-state index in [0.29, 0.717) is 23.7 Å². The zero-order valence-electron chi connectivity index (χ0n) is 10.4. The highest BCUT2D eigenvalue weighted by Crippen LogP contribution is 2.26. The lowest BCUT2D eigenvalue weighted by atomic mass is 10.2. The maximum atomic E-state index is 13.5. The van der Waals surface area contributed by atoms with E-state index in [2.05, 4.69) is 5.32 Å². The minimum atomic E-state index is -0.666. The highest BCUT2D eigenvalue weighted by molar-refractivity contribution is 5.66. The first-order valence-electron chi connectivity index (χ1n) is 5.84. The Morgan fingerprint density at radius 1 is 1.16 bits per heavy atom. The van der Waals surface area contributed by atoms with Crippen LogP contribution in [0, 0.1) is 11.6 Å². The third-order valence-electron chi connectivity index (χ3n) is 2.45. The van der Waals surface area contributed by atoms with Crippen LogP contribution >= 0.6 is 0 Å². The Labute approximate surface area is 110 Å². The third-order valence-corrected chi connectivity index (χ3v) is 2.45. The van der Waals surface area contributed by atoms with Crippen LogP contribution in [0.4, 0.5) is 25.8 Å². The van der Waals surface area contributed by atoms with Gasteiger partial charge < -0.3 is 15.8 Å². The van der Waals surface area contributed by atoms with E-state index < -0.39 is 11.6 Å². The van der Waals surface area contributed by atoms with Crippen molar-refractivity contribution in [2.45, 2.75) is 6.92 Å². The van der Waals surface area contributed by atoms with Crippen molar-refractivity contribution in [3.63, 3.8) is 0 Å². The molecule has 100 valence electrons. The monoisotopic (exact) mass is 264 g/mol. The van der Waals surface area contributed by atoms with Crippen molar-refractivity contribution in [1.82, 2.24) is 0 Å². The number of ether oxygens (including phenoxy) is 1. The van der Waals surface area contributed by atoms with Gasteiger partial charge in [-0.05, 0) is 25.1 Å². The summed E-state index contributed by atoms with van der Waals surface area (Å²) in [4.78, 5) is 0. The second-order valence-electron chi connectivity index (χ2n) is 3.97. The molecule has 0 atom stereocenters. The van der Waals surface area contributed by atoms with E-state index in [4.69, 9.17) is 10.5 Å². The van der Waals surface area contributed by atoms with E-state index in [1.807, 2.05) is 6.92 Å². The molecular formula is C14H14F2N2O. The number of benzene rings is 2. The molecule has 0 fully saturated rings. The Bertz CT molecular complexity index is 588. The molecule has 3 nitrogen and oxygen atoms in total. The van der Waals surface area contributed by atoms with Gasteiger partial charge in [-0.25, -0.2) is 8.78 Å². The summed E-state index contributed by atoms with van der Waals surface area (Å²) < 4.78 is 31.7. The molecule has 0 aliphatic rings. The Morgan fingerprint density at radius 3 is 2.63 bits per heavy atom. The maximum Gasteiger partial charge on any atom is 0.149 e. The quantitative estimate of drug-likeness (QED) is 0.828. The van der Waals surface area contributed by atoms with Crippen LogP contribution in [0.3, 0.4) is 0 Å². The van der Waals surface area contributed by atoms with Gasteiger partial charge in [-0.15, -0.1) is 0 Å². The second kappa shape index (κ2) is 5.56. The third kappa shape index (κ3) is 3.34. The molecule has 0 bridgehead atoms. The van der Waals surface area contributed by atoms with Crippen LogP contribution in [0.25, 0.3) is 0 Å². The maximum absolute atomic E-state index is 13.5. The Balaban J connectivity index is 2.27. The van der Waals surface area contributed by atoms with Gasteiger partial charge in [-0.3, -0.25) is 0 Å². The molecule has 0 spiro atoms. The van der Waals surface area contributed by atoms with Gasteiger partial charge in [0.15, 0.2) is 0 Å². The number of nitrogens with one attached hydrogen (secondary N) is 1. The van der Waals surface area contributed by atoms with Crippen LogP contribution in [-0.4, -0.2) is 6.61 Å². The van der Waals surface area contributed by atoms with Gasteiger partial charge in [0.25, 0.3) is 0 Å². The topological polar surface area (TPSA) is 47.3 Å². The van der Waals surface area contributed by atoms with Crippen molar-refractivity contribution >= 4 is 17.1 Å². The lowest BCUT2D eigenvalue weighted by molar-refractivity contribution is 0.340. The number of hydrogen-bond acceptors (Lipinski definition) is 3. The summed E-state index contributed by atoms with van der Waals surface area (Å²) in [7, 11) is 0. The smallest absolute Gasteiger partial charge is 0.149 e. The van der Waals surface area contributed by atoms with Crippen LogP contribution in [0.2, 0.25) is 0 Å². The molecule has 5 heteroatoms. The number of hydrogen-bond donors (Lipinski definition) is 2. The molecule has 0 aliphatic carbocycles. The summed E-state index contributed by atoms with van der Waals surface area (Å²) in [5.41, 5.74) is 6.98. The molecule has 0 saturated carbocycles. The zero-order chi connectivity index (χ0) is 13.8. The van der Waals surface area contributed by atoms with Crippen LogP contribution < -0.4 is 15.8 Å². The molecule has 0 aliphatic heterocycles. The van der Waals surface area contributed by atoms with Crippen molar-refractivity contribution in [3.05, 3.63) is 48.0 Å². The highest BCUT2D eigenvalue weighted by Gasteiger charge is 2.05. The fourth-order valence-corrected chi connectivity index (χ4v) is 1.69. The Morgan fingerprint density at radius 2 is 1.95 bits per heavy atom. The number of halogens is 2. The zero-order valence-corrected chi connectivity index (χ0v) is 10.4. The molecule has 0 heterocycles. The lowest BCUT2D eigenvalue weighted by Crippen LogP contribution is -1.98. The van der Waals surface area contributed by atoms with Gasteiger partial charge in [-0.1, -0.05) is 0 Å². The fourth-order valence-electron chi connectivity index (χ4n) is 1.69. The number of nitrogens with two attached hydrogens (primary N) is 1. The molecule has 3 N–H and O–H groups in total. The number of rotatable bonds is 4. The minimum absolute atomic E-state index is 0.175. The summed E-state index contributed by atoms with van der Waals surface area (Å²) in [5.74, 6) is -0.696. The fraction of sp³-hybridized carbons (Fsp3) is 0.143. The molecular weight excluding hydrogens is 250 g/mol. The van der Waals surface area contributed by atoms with E-state index in [0.717, 1.165) is 6.07 Å². The van der Waals surface area contributed by atoms with Gasteiger partial charge in [0.05, 0.1) is 12.3 Å². The van der Waals surface area contributed by atoms with Gasteiger partial charge >= 0.3 is 0 Å². The largest absolute Gasteiger partial charge is 0.494 e. The van der Waals surface area contributed by atoms with E-state index in [-0.39, 0.29) is 5.69 Å². The van der Waals surface area contributed by atoms with Crippen molar-refractivity contribution in [3.8, 4) is 5.75 Å². The Hall–Kier alpha value is -2.30. The molecule has 0 saturated heterocycles. The summed E-state index contributed by atoms with van der Waals surface area (Å²) in [6, 6.07) is 8.34. The molecule has 2 aromatic carbocycles. The molecule has 2 rings (SSSR count). The average molecular weight is 264 g/mol. The van der Waals surface area contributed by atoms with Gasteiger partial charge in [0, 0.05) is 29.6 Å². The van der Waals surface area contributed by atoms with Crippen LogP contribution in [0.15, 0.2) is 36.4 Å². The van der Waals surface area contributed by atoms with E-state index in [1.54, 1.807) is 18.2 Å². The summed E-state index contributed by atoms with van der Waals surface area (Å²) in [6.07, 6.45) is 0. The highest BCUT2D eigenvalue weighted by atomic mass is 19.1. The number of anilines is 3. The molecule has 2 aromatic rings. The molecule has 0 radical (unpaired) electrons. The predicted octanol–water partition coefficient (Wildman–Crippen LogP) is 3.69. The van der Waals surface area contributed by atoms with Crippen molar-refractivity contribution in [1.29, 1.82) is 0 Å². The molecule has 0 unspecified atom stereocenters. The SMILES string of the molecule is CCOc1cc(N)cc(Nc2ccc(F)cc2F)c1. The summed E-state index contributed by atoms with van der Waals surface area (Å²) in [5, 5.41) is 2.84. The van der Waals surface area contributed by atoms with Crippen molar-refractivity contribution < 1.29 is 13.5 Å². The lowest BCUT2D eigenvalue weighted by Gasteiger charge is -2.11.